The van der Waals surface area contributed by atoms with Crippen molar-refractivity contribution < 1.29 is 5.11 Å². The summed E-state index contributed by atoms with van der Waals surface area (Å²) in [5.74, 6) is 0. The Labute approximate surface area is 110 Å². The van der Waals surface area contributed by atoms with Crippen LogP contribution in [-0.2, 0) is 13.2 Å². The number of hydrogen-bond acceptors (Lipinski definition) is 3. The number of hydrogen-bond donors (Lipinski definition) is 2. The summed E-state index contributed by atoms with van der Waals surface area (Å²) in [5, 5.41) is 12.7. The van der Waals surface area contributed by atoms with Crippen LogP contribution >= 0.6 is 0 Å². The van der Waals surface area contributed by atoms with Crippen molar-refractivity contribution in [1.29, 1.82) is 0 Å². The maximum Gasteiger partial charge on any atom is 0.0681 e. The van der Waals surface area contributed by atoms with E-state index >= 15 is 0 Å². The molecule has 2 N–H and O–H groups in total. The molecule has 1 heterocycles. The molecule has 0 aromatic heterocycles. The molecule has 18 heavy (non-hydrogen) atoms. The molecule has 0 spiro atoms. The zero-order valence-electron chi connectivity index (χ0n) is 11.4. The quantitative estimate of drug-likeness (QED) is 0.852. The van der Waals surface area contributed by atoms with Crippen molar-refractivity contribution in [1.82, 2.24) is 10.2 Å². The molecule has 1 aliphatic rings. The first-order chi connectivity index (χ1) is 8.69. The number of aliphatic hydroxyl groups excluding tert-OH is 1. The van der Waals surface area contributed by atoms with Crippen LogP contribution in [0.2, 0.25) is 0 Å². The highest BCUT2D eigenvalue weighted by Gasteiger charge is 2.21. The molecular weight excluding hydrogens is 224 g/mol. The third kappa shape index (κ3) is 3.55. The SMILES string of the molecule is CC1CC(NCc2cccc(CO)c2)CCN1C. The molecule has 3 heteroatoms. The maximum atomic E-state index is 9.12. The Kier molecular flexibility index (Phi) is 4.75. The molecule has 0 radical (unpaired) electrons. The van der Waals surface area contributed by atoms with E-state index in [2.05, 4.69) is 36.3 Å². The fraction of sp³-hybridized carbons (Fsp3) is 0.600. The normalized spacial score (nSPS) is 25.3. The molecule has 1 aliphatic heterocycles. The Morgan fingerprint density at radius 2 is 2.17 bits per heavy atom. The van der Waals surface area contributed by atoms with Gasteiger partial charge in [-0.15, -0.1) is 0 Å². The Morgan fingerprint density at radius 1 is 1.39 bits per heavy atom. The molecule has 1 aromatic rings. The molecule has 1 aromatic carbocycles. The number of benzene rings is 1. The maximum absolute atomic E-state index is 9.12. The summed E-state index contributed by atoms with van der Waals surface area (Å²) in [7, 11) is 2.20. The van der Waals surface area contributed by atoms with Gasteiger partial charge in [-0.25, -0.2) is 0 Å². The van der Waals surface area contributed by atoms with Gasteiger partial charge < -0.3 is 15.3 Å². The molecule has 0 bridgehead atoms. The lowest BCUT2D eigenvalue weighted by molar-refractivity contribution is 0.168. The van der Waals surface area contributed by atoms with E-state index in [-0.39, 0.29) is 6.61 Å². The second-order valence-corrected chi connectivity index (χ2v) is 5.41. The minimum absolute atomic E-state index is 0.124. The Bertz CT molecular complexity index is 381. The summed E-state index contributed by atoms with van der Waals surface area (Å²) < 4.78 is 0. The second kappa shape index (κ2) is 6.32. The molecule has 2 unspecified atom stereocenters. The number of piperidine rings is 1. The highest BCUT2D eigenvalue weighted by molar-refractivity contribution is 5.22. The van der Waals surface area contributed by atoms with E-state index in [1.165, 1.54) is 24.9 Å². The average Bonchev–Trinajstić information content (AvgIpc) is 2.40. The van der Waals surface area contributed by atoms with Crippen LogP contribution in [0.15, 0.2) is 24.3 Å². The van der Waals surface area contributed by atoms with Gasteiger partial charge in [0.25, 0.3) is 0 Å². The number of nitrogens with one attached hydrogen (secondary N) is 1. The van der Waals surface area contributed by atoms with E-state index in [0.717, 1.165) is 12.1 Å². The summed E-state index contributed by atoms with van der Waals surface area (Å²) in [6.45, 7) is 4.49. The van der Waals surface area contributed by atoms with Crippen LogP contribution in [-0.4, -0.2) is 35.7 Å². The first kappa shape index (κ1) is 13.5. The topological polar surface area (TPSA) is 35.5 Å². The molecule has 0 aliphatic carbocycles. The standard InChI is InChI=1S/C15H24N2O/c1-12-8-15(6-7-17(12)2)16-10-13-4-3-5-14(9-13)11-18/h3-5,9,12,15-16,18H,6-8,10-11H2,1-2H3. The fourth-order valence-electron chi connectivity index (χ4n) is 2.57. The minimum atomic E-state index is 0.124. The van der Waals surface area contributed by atoms with Gasteiger partial charge in [0.15, 0.2) is 0 Å². The summed E-state index contributed by atoms with van der Waals surface area (Å²) >= 11 is 0. The molecule has 2 atom stereocenters. The van der Waals surface area contributed by atoms with Crippen molar-refractivity contribution in [3.63, 3.8) is 0 Å². The predicted molar refractivity (Wildman–Crippen MR) is 74.3 cm³/mol. The monoisotopic (exact) mass is 248 g/mol. The Balaban J connectivity index is 1.84. The zero-order valence-corrected chi connectivity index (χ0v) is 11.4. The summed E-state index contributed by atoms with van der Waals surface area (Å²) in [6, 6.07) is 9.45. The van der Waals surface area contributed by atoms with Gasteiger partial charge in [-0.05, 0) is 44.5 Å². The van der Waals surface area contributed by atoms with Crippen LogP contribution in [0.25, 0.3) is 0 Å². The van der Waals surface area contributed by atoms with Gasteiger partial charge in [-0.3, -0.25) is 0 Å². The van der Waals surface area contributed by atoms with E-state index in [0.29, 0.717) is 12.1 Å². The molecule has 2 rings (SSSR count). The Morgan fingerprint density at radius 3 is 2.89 bits per heavy atom. The van der Waals surface area contributed by atoms with Gasteiger partial charge in [0.05, 0.1) is 6.61 Å². The van der Waals surface area contributed by atoms with Crippen molar-refractivity contribution in [3.8, 4) is 0 Å². The number of rotatable bonds is 4. The third-order valence-corrected chi connectivity index (χ3v) is 3.98. The zero-order chi connectivity index (χ0) is 13.0. The lowest BCUT2D eigenvalue weighted by Crippen LogP contribution is -2.45. The molecule has 0 saturated carbocycles. The van der Waals surface area contributed by atoms with E-state index in [1.54, 1.807) is 0 Å². The van der Waals surface area contributed by atoms with Crippen LogP contribution in [0.4, 0.5) is 0 Å². The van der Waals surface area contributed by atoms with Crippen LogP contribution in [0.3, 0.4) is 0 Å². The van der Waals surface area contributed by atoms with E-state index in [1.807, 2.05) is 12.1 Å². The molecule has 100 valence electrons. The van der Waals surface area contributed by atoms with Gasteiger partial charge in [-0.1, -0.05) is 24.3 Å². The smallest absolute Gasteiger partial charge is 0.0681 e. The summed E-state index contributed by atoms with van der Waals surface area (Å²) in [6.07, 6.45) is 2.44. The van der Waals surface area contributed by atoms with Crippen LogP contribution in [0, 0.1) is 0 Å². The van der Waals surface area contributed by atoms with E-state index in [4.69, 9.17) is 5.11 Å². The second-order valence-electron chi connectivity index (χ2n) is 5.41. The van der Waals surface area contributed by atoms with Gasteiger partial charge >= 0.3 is 0 Å². The van der Waals surface area contributed by atoms with Crippen LogP contribution in [0.5, 0.6) is 0 Å². The minimum Gasteiger partial charge on any atom is -0.392 e. The molecule has 3 nitrogen and oxygen atoms in total. The molecule has 1 saturated heterocycles. The fourth-order valence-corrected chi connectivity index (χ4v) is 2.57. The average molecular weight is 248 g/mol. The van der Waals surface area contributed by atoms with Gasteiger partial charge in [-0.2, -0.15) is 0 Å². The van der Waals surface area contributed by atoms with Crippen molar-refractivity contribution in [2.24, 2.45) is 0 Å². The lowest BCUT2D eigenvalue weighted by atomic mass is 9.98. The first-order valence-corrected chi connectivity index (χ1v) is 6.81. The van der Waals surface area contributed by atoms with Crippen LogP contribution in [0.1, 0.15) is 30.9 Å². The van der Waals surface area contributed by atoms with Crippen LogP contribution < -0.4 is 5.32 Å². The summed E-state index contributed by atoms with van der Waals surface area (Å²) in [4.78, 5) is 2.42. The van der Waals surface area contributed by atoms with Crippen molar-refractivity contribution in [3.05, 3.63) is 35.4 Å². The molecule has 1 fully saturated rings. The number of nitrogens with zero attached hydrogens (tertiary/aromatic N) is 1. The van der Waals surface area contributed by atoms with Crippen molar-refractivity contribution in [2.45, 2.75) is 45.0 Å². The predicted octanol–water partition coefficient (Wildman–Crippen LogP) is 1.75. The first-order valence-electron chi connectivity index (χ1n) is 6.81. The molecule has 0 amide bonds. The third-order valence-electron chi connectivity index (χ3n) is 3.98. The highest BCUT2D eigenvalue weighted by Crippen LogP contribution is 2.16. The van der Waals surface area contributed by atoms with Crippen molar-refractivity contribution >= 4 is 0 Å². The van der Waals surface area contributed by atoms with Gasteiger partial charge in [0.1, 0.15) is 0 Å². The van der Waals surface area contributed by atoms with Gasteiger partial charge in [0.2, 0.25) is 0 Å². The number of aliphatic hydroxyl groups is 1. The van der Waals surface area contributed by atoms with Crippen molar-refractivity contribution in [2.75, 3.05) is 13.6 Å². The van der Waals surface area contributed by atoms with E-state index < -0.39 is 0 Å². The van der Waals surface area contributed by atoms with E-state index in [9.17, 15) is 0 Å². The largest absolute Gasteiger partial charge is 0.392 e. The lowest BCUT2D eigenvalue weighted by Gasteiger charge is -2.35. The molecular formula is C15H24N2O. The van der Waals surface area contributed by atoms with Gasteiger partial charge in [0, 0.05) is 18.6 Å². The highest BCUT2D eigenvalue weighted by atomic mass is 16.3. The Hall–Kier alpha value is -0.900. The number of likely N-dealkylation sites (tertiary alicyclic amines) is 1. The summed E-state index contributed by atoms with van der Waals surface area (Å²) in [5.41, 5.74) is 2.25.